The van der Waals surface area contributed by atoms with Crippen LogP contribution < -0.4 is 14.8 Å². The molecule has 154 valence electrons. The molecule has 0 unspecified atom stereocenters. The van der Waals surface area contributed by atoms with E-state index in [0.717, 1.165) is 16.7 Å². The molecule has 3 aromatic rings. The van der Waals surface area contributed by atoms with Crippen LogP contribution >= 0.6 is 0 Å². The molecule has 0 saturated carbocycles. The Hall–Kier alpha value is -3.80. The molecule has 6 nitrogen and oxygen atoms in total. The van der Waals surface area contributed by atoms with Gasteiger partial charge < -0.3 is 19.6 Å². The van der Waals surface area contributed by atoms with Gasteiger partial charge in [-0.1, -0.05) is 53.2 Å². The number of amides is 1. The van der Waals surface area contributed by atoms with E-state index in [4.69, 9.17) is 14.3 Å². The number of hydrogen-bond acceptors (Lipinski definition) is 5. The topological polar surface area (TPSA) is 69.2 Å². The van der Waals surface area contributed by atoms with E-state index in [9.17, 15) is 4.79 Å². The molecule has 6 heteroatoms. The highest BCUT2D eigenvalue weighted by Crippen LogP contribution is 2.28. The van der Waals surface area contributed by atoms with Crippen LogP contribution in [0.5, 0.6) is 11.5 Å². The fourth-order valence-electron chi connectivity index (χ4n) is 2.65. The lowest BCUT2D eigenvalue weighted by Gasteiger charge is -2.11. The summed E-state index contributed by atoms with van der Waals surface area (Å²) in [7, 11) is 1.58. The van der Waals surface area contributed by atoms with Crippen molar-refractivity contribution in [3.63, 3.8) is 0 Å². The highest BCUT2D eigenvalue weighted by atomic mass is 16.6. The van der Waals surface area contributed by atoms with Gasteiger partial charge in [0, 0.05) is 11.3 Å². The molecule has 3 aromatic carbocycles. The summed E-state index contributed by atoms with van der Waals surface area (Å²) in [5, 5.41) is 6.60. The third kappa shape index (κ3) is 6.38. The van der Waals surface area contributed by atoms with E-state index in [2.05, 4.69) is 10.5 Å². The first-order chi connectivity index (χ1) is 14.6. The van der Waals surface area contributed by atoms with Crippen molar-refractivity contribution in [3.05, 3.63) is 89.5 Å². The van der Waals surface area contributed by atoms with E-state index in [-0.39, 0.29) is 12.5 Å². The molecule has 30 heavy (non-hydrogen) atoms. The van der Waals surface area contributed by atoms with Crippen LogP contribution in [-0.2, 0) is 16.2 Å². The molecule has 0 aromatic heterocycles. The van der Waals surface area contributed by atoms with E-state index >= 15 is 0 Å². The number of methoxy groups -OCH3 is 1. The Morgan fingerprint density at radius 1 is 1.00 bits per heavy atom. The number of carbonyl (C=O) groups is 1. The predicted octanol–water partition coefficient (Wildman–Crippen LogP) is 4.57. The summed E-state index contributed by atoms with van der Waals surface area (Å²) in [6, 6.07) is 22.9. The molecule has 0 aliphatic heterocycles. The number of ether oxygens (including phenoxy) is 2. The fourth-order valence-corrected chi connectivity index (χ4v) is 2.65. The number of benzene rings is 3. The summed E-state index contributed by atoms with van der Waals surface area (Å²) in [6.07, 6.45) is 1.52. The van der Waals surface area contributed by atoms with Crippen LogP contribution in [0.1, 0.15) is 16.7 Å². The highest BCUT2D eigenvalue weighted by Gasteiger charge is 2.06. The second-order valence-electron chi connectivity index (χ2n) is 6.61. The first-order valence-corrected chi connectivity index (χ1v) is 9.50. The molecule has 0 aliphatic rings. The molecule has 0 bridgehead atoms. The summed E-state index contributed by atoms with van der Waals surface area (Å²) in [5.74, 6) is 0.946. The maximum Gasteiger partial charge on any atom is 0.265 e. The minimum Gasteiger partial charge on any atom is -0.493 e. The van der Waals surface area contributed by atoms with Crippen molar-refractivity contribution in [2.45, 2.75) is 13.5 Å². The quantitative estimate of drug-likeness (QED) is 0.419. The third-order valence-electron chi connectivity index (χ3n) is 4.23. The van der Waals surface area contributed by atoms with E-state index in [0.29, 0.717) is 23.8 Å². The summed E-state index contributed by atoms with van der Waals surface area (Å²) in [5.41, 5.74) is 3.68. The minimum absolute atomic E-state index is 0.181. The molecule has 3 rings (SSSR count). The van der Waals surface area contributed by atoms with Gasteiger partial charge in [-0.05, 0) is 42.8 Å². The monoisotopic (exact) mass is 404 g/mol. The summed E-state index contributed by atoms with van der Waals surface area (Å²) in [4.78, 5) is 17.0. The van der Waals surface area contributed by atoms with Crippen molar-refractivity contribution in [2.75, 3.05) is 19.0 Å². The second kappa shape index (κ2) is 10.7. The molecule has 0 aliphatic carbocycles. The first-order valence-electron chi connectivity index (χ1n) is 9.50. The molecular formula is C24H24N2O4. The van der Waals surface area contributed by atoms with Gasteiger partial charge in [0.05, 0.1) is 13.3 Å². The number of oxime groups is 1. The van der Waals surface area contributed by atoms with Gasteiger partial charge in [0.25, 0.3) is 5.91 Å². The Bertz CT molecular complexity index is 986. The van der Waals surface area contributed by atoms with Gasteiger partial charge >= 0.3 is 0 Å². The van der Waals surface area contributed by atoms with Gasteiger partial charge in [-0.3, -0.25) is 4.79 Å². The zero-order chi connectivity index (χ0) is 21.2. The van der Waals surface area contributed by atoms with Crippen molar-refractivity contribution < 1.29 is 19.1 Å². The van der Waals surface area contributed by atoms with Crippen LogP contribution in [0.4, 0.5) is 5.69 Å². The van der Waals surface area contributed by atoms with Crippen LogP contribution in [0.15, 0.2) is 78.0 Å². The third-order valence-corrected chi connectivity index (χ3v) is 4.23. The van der Waals surface area contributed by atoms with Crippen molar-refractivity contribution in [1.29, 1.82) is 0 Å². The zero-order valence-electron chi connectivity index (χ0n) is 17.0. The molecule has 0 heterocycles. The predicted molar refractivity (Wildman–Crippen MR) is 117 cm³/mol. The summed E-state index contributed by atoms with van der Waals surface area (Å²) < 4.78 is 11.2. The molecular weight excluding hydrogens is 380 g/mol. The van der Waals surface area contributed by atoms with Crippen molar-refractivity contribution in [1.82, 2.24) is 0 Å². The summed E-state index contributed by atoms with van der Waals surface area (Å²) in [6.45, 7) is 2.25. The SMILES string of the molecule is COc1cc(C=NOCC(=O)Nc2ccc(C)cc2)ccc1OCc1ccccc1. The van der Waals surface area contributed by atoms with E-state index in [1.165, 1.54) is 6.21 Å². The number of hydrogen-bond donors (Lipinski definition) is 1. The number of nitrogens with zero attached hydrogens (tertiary/aromatic N) is 1. The van der Waals surface area contributed by atoms with E-state index in [1.807, 2.05) is 73.7 Å². The molecule has 0 atom stereocenters. The van der Waals surface area contributed by atoms with Crippen molar-refractivity contribution >= 4 is 17.8 Å². The Labute approximate surface area is 176 Å². The van der Waals surface area contributed by atoms with Crippen LogP contribution in [-0.4, -0.2) is 25.8 Å². The molecule has 0 saturated heterocycles. The molecule has 0 radical (unpaired) electrons. The molecule has 1 amide bonds. The first kappa shape index (κ1) is 20.9. The lowest BCUT2D eigenvalue weighted by atomic mass is 10.2. The number of anilines is 1. The van der Waals surface area contributed by atoms with Gasteiger partial charge in [-0.25, -0.2) is 0 Å². The minimum atomic E-state index is -0.279. The van der Waals surface area contributed by atoms with Crippen molar-refractivity contribution in [3.8, 4) is 11.5 Å². The largest absolute Gasteiger partial charge is 0.493 e. The number of aryl methyl sites for hydroxylation is 1. The van der Waals surface area contributed by atoms with Gasteiger partial charge in [-0.2, -0.15) is 0 Å². The second-order valence-corrected chi connectivity index (χ2v) is 6.61. The van der Waals surface area contributed by atoms with Gasteiger partial charge in [-0.15, -0.1) is 0 Å². The lowest BCUT2D eigenvalue weighted by Crippen LogP contribution is -2.16. The fraction of sp³-hybridized carbons (Fsp3) is 0.167. The number of nitrogens with one attached hydrogen (secondary N) is 1. The van der Waals surface area contributed by atoms with Gasteiger partial charge in [0.2, 0.25) is 0 Å². The molecule has 0 fully saturated rings. The summed E-state index contributed by atoms with van der Waals surface area (Å²) >= 11 is 0. The van der Waals surface area contributed by atoms with Gasteiger partial charge in [0.1, 0.15) is 6.61 Å². The van der Waals surface area contributed by atoms with Crippen molar-refractivity contribution in [2.24, 2.45) is 5.16 Å². The maximum absolute atomic E-state index is 11.9. The van der Waals surface area contributed by atoms with Crippen LogP contribution in [0, 0.1) is 6.92 Å². The van der Waals surface area contributed by atoms with E-state index in [1.54, 1.807) is 13.2 Å². The standard InChI is InChI=1S/C24H24N2O4/c1-18-8-11-21(12-9-18)26-24(27)17-30-25-15-20-10-13-22(23(14-20)28-2)29-16-19-6-4-3-5-7-19/h3-15H,16-17H2,1-2H3,(H,26,27). The molecule has 0 spiro atoms. The Kier molecular flexibility index (Phi) is 7.44. The van der Waals surface area contributed by atoms with E-state index < -0.39 is 0 Å². The average Bonchev–Trinajstić information content (AvgIpc) is 2.78. The van der Waals surface area contributed by atoms with Crippen LogP contribution in [0.3, 0.4) is 0 Å². The smallest absolute Gasteiger partial charge is 0.265 e. The maximum atomic E-state index is 11.9. The normalized spacial score (nSPS) is 10.6. The lowest BCUT2D eigenvalue weighted by molar-refractivity contribution is -0.120. The number of rotatable bonds is 9. The Morgan fingerprint density at radius 3 is 2.50 bits per heavy atom. The average molecular weight is 404 g/mol. The van der Waals surface area contributed by atoms with Gasteiger partial charge in [0.15, 0.2) is 18.1 Å². The zero-order valence-corrected chi connectivity index (χ0v) is 17.0. The Morgan fingerprint density at radius 2 is 1.77 bits per heavy atom. The number of carbonyl (C=O) groups excluding carboxylic acids is 1. The Balaban J connectivity index is 1.50. The van der Waals surface area contributed by atoms with Crippen LogP contribution in [0.2, 0.25) is 0 Å². The highest BCUT2D eigenvalue weighted by molar-refractivity contribution is 5.91. The molecule has 1 N–H and O–H groups in total. The van der Waals surface area contributed by atoms with Crippen LogP contribution in [0.25, 0.3) is 0 Å².